The average Bonchev–Trinajstić information content (AvgIpc) is 2.61. The van der Waals surface area contributed by atoms with Crippen molar-refractivity contribution in [3.8, 4) is 6.07 Å². The van der Waals surface area contributed by atoms with E-state index in [-0.39, 0.29) is 12.1 Å². The van der Waals surface area contributed by atoms with E-state index in [0.717, 1.165) is 5.56 Å². The number of carbonyl (C=O) groups excluding carboxylic acids is 1. The van der Waals surface area contributed by atoms with E-state index in [2.05, 4.69) is 4.74 Å². The molecule has 0 unspecified atom stereocenters. The average molecular weight is 340 g/mol. The van der Waals surface area contributed by atoms with Crippen molar-refractivity contribution in [2.75, 3.05) is 6.61 Å². The van der Waals surface area contributed by atoms with Gasteiger partial charge in [0.1, 0.15) is 6.07 Å². The predicted octanol–water partition coefficient (Wildman–Crippen LogP) is 2.16. The van der Waals surface area contributed by atoms with Crippen molar-refractivity contribution in [2.45, 2.75) is 18.9 Å². The number of rotatable bonds is 7. The van der Waals surface area contributed by atoms with Gasteiger partial charge in [0, 0.05) is 24.5 Å². The SMILES string of the molecule is N#CCOC(=O)[C@@H](O)Cc1ccc(Cc2ccccc2[N+](=O)[O-])cc1. The molecule has 1 atom stereocenters. The van der Waals surface area contributed by atoms with Crippen LogP contribution in [0.15, 0.2) is 48.5 Å². The molecule has 7 nitrogen and oxygen atoms in total. The zero-order valence-corrected chi connectivity index (χ0v) is 13.3. The van der Waals surface area contributed by atoms with Crippen LogP contribution in [0.25, 0.3) is 0 Å². The van der Waals surface area contributed by atoms with Gasteiger partial charge in [-0.3, -0.25) is 10.1 Å². The summed E-state index contributed by atoms with van der Waals surface area (Å²) >= 11 is 0. The first-order valence-corrected chi connectivity index (χ1v) is 7.53. The summed E-state index contributed by atoms with van der Waals surface area (Å²) in [6, 6.07) is 15.3. The molecule has 0 aliphatic heterocycles. The van der Waals surface area contributed by atoms with Crippen molar-refractivity contribution in [1.29, 1.82) is 5.26 Å². The van der Waals surface area contributed by atoms with Crippen molar-refractivity contribution in [3.63, 3.8) is 0 Å². The fraction of sp³-hybridized carbons (Fsp3) is 0.222. The van der Waals surface area contributed by atoms with Crippen molar-refractivity contribution in [1.82, 2.24) is 0 Å². The maximum atomic E-state index is 11.4. The summed E-state index contributed by atoms with van der Waals surface area (Å²) in [7, 11) is 0. The van der Waals surface area contributed by atoms with Crippen LogP contribution in [-0.4, -0.2) is 28.7 Å². The number of esters is 1. The van der Waals surface area contributed by atoms with Crippen LogP contribution < -0.4 is 0 Å². The minimum absolute atomic E-state index is 0.0655. The molecule has 7 heteroatoms. The van der Waals surface area contributed by atoms with Crippen LogP contribution in [-0.2, 0) is 22.4 Å². The van der Waals surface area contributed by atoms with Crippen LogP contribution in [0.2, 0.25) is 0 Å². The molecular formula is C18H16N2O5. The maximum absolute atomic E-state index is 11.4. The van der Waals surface area contributed by atoms with Gasteiger partial charge in [-0.1, -0.05) is 42.5 Å². The van der Waals surface area contributed by atoms with Gasteiger partial charge in [-0.05, 0) is 11.1 Å². The van der Waals surface area contributed by atoms with E-state index >= 15 is 0 Å². The van der Waals surface area contributed by atoms with E-state index in [1.54, 1.807) is 48.5 Å². The number of hydrogen-bond donors (Lipinski definition) is 1. The number of hydrogen-bond acceptors (Lipinski definition) is 6. The smallest absolute Gasteiger partial charge is 0.336 e. The molecule has 0 aliphatic carbocycles. The molecule has 0 heterocycles. The molecule has 2 rings (SSSR count). The highest BCUT2D eigenvalue weighted by Gasteiger charge is 2.17. The van der Waals surface area contributed by atoms with Gasteiger partial charge in [-0.2, -0.15) is 5.26 Å². The zero-order chi connectivity index (χ0) is 18.2. The highest BCUT2D eigenvalue weighted by atomic mass is 16.6. The van der Waals surface area contributed by atoms with E-state index in [9.17, 15) is 20.0 Å². The number of carbonyl (C=O) groups is 1. The van der Waals surface area contributed by atoms with E-state index in [4.69, 9.17) is 5.26 Å². The fourth-order valence-electron chi connectivity index (χ4n) is 2.36. The van der Waals surface area contributed by atoms with Gasteiger partial charge < -0.3 is 9.84 Å². The van der Waals surface area contributed by atoms with E-state index in [0.29, 0.717) is 17.5 Å². The van der Waals surface area contributed by atoms with Gasteiger partial charge in [0.05, 0.1) is 4.92 Å². The summed E-state index contributed by atoms with van der Waals surface area (Å²) in [5, 5.41) is 29.1. The summed E-state index contributed by atoms with van der Waals surface area (Å²) in [4.78, 5) is 22.1. The van der Waals surface area contributed by atoms with Crippen LogP contribution in [0.1, 0.15) is 16.7 Å². The molecule has 0 fully saturated rings. The molecule has 0 spiro atoms. The maximum Gasteiger partial charge on any atom is 0.336 e. The molecule has 0 radical (unpaired) electrons. The third-order valence-corrected chi connectivity index (χ3v) is 3.59. The molecule has 2 aromatic carbocycles. The Labute approximate surface area is 144 Å². The monoisotopic (exact) mass is 340 g/mol. The number of ether oxygens (including phenoxy) is 1. The van der Waals surface area contributed by atoms with Gasteiger partial charge in [-0.15, -0.1) is 0 Å². The minimum atomic E-state index is -1.34. The van der Waals surface area contributed by atoms with Gasteiger partial charge >= 0.3 is 5.97 Å². The van der Waals surface area contributed by atoms with Crippen LogP contribution >= 0.6 is 0 Å². The molecule has 128 valence electrons. The second kappa shape index (κ2) is 8.57. The third-order valence-electron chi connectivity index (χ3n) is 3.59. The Balaban J connectivity index is 2.02. The molecule has 1 N–H and O–H groups in total. The number of aliphatic hydroxyl groups excluding tert-OH is 1. The molecule has 0 saturated carbocycles. The Kier molecular flexibility index (Phi) is 6.20. The summed E-state index contributed by atoms with van der Waals surface area (Å²) in [6.45, 7) is -0.398. The van der Waals surface area contributed by atoms with Crippen molar-refractivity contribution < 1.29 is 19.6 Å². The van der Waals surface area contributed by atoms with Gasteiger partial charge in [0.2, 0.25) is 0 Å². The molecular weight excluding hydrogens is 324 g/mol. The van der Waals surface area contributed by atoms with Crippen LogP contribution in [0.4, 0.5) is 5.69 Å². The lowest BCUT2D eigenvalue weighted by Crippen LogP contribution is -2.25. The quantitative estimate of drug-likeness (QED) is 0.469. The Morgan fingerprint density at radius 3 is 2.48 bits per heavy atom. The van der Waals surface area contributed by atoms with E-state index in [1.807, 2.05) is 0 Å². The molecule has 2 aromatic rings. The van der Waals surface area contributed by atoms with Crippen LogP contribution in [0, 0.1) is 21.4 Å². The fourth-order valence-corrected chi connectivity index (χ4v) is 2.36. The first kappa shape index (κ1) is 18.1. The predicted molar refractivity (Wildman–Crippen MR) is 88.6 cm³/mol. The van der Waals surface area contributed by atoms with Gasteiger partial charge in [0.25, 0.3) is 5.69 Å². The third kappa shape index (κ3) is 5.12. The lowest BCUT2D eigenvalue weighted by Gasteiger charge is -2.10. The summed E-state index contributed by atoms with van der Waals surface area (Å²) in [6.07, 6.45) is -0.866. The van der Waals surface area contributed by atoms with E-state index in [1.165, 1.54) is 6.07 Å². The normalized spacial score (nSPS) is 11.4. The molecule has 25 heavy (non-hydrogen) atoms. The Hall–Kier alpha value is -3.24. The first-order chi connectivity index (χ1) is 12.0. The van der Waals surface area contributed by atoms with Crippen molar-refractivity contribution in [2.24, 2.45) is 0 Å². The summed E-state index contributed by atoms with van der Waals surface area (Å²) < 4.78 is 4.55. The van der Waals surface area contributed by atoms with Crippen molar-refractivity contribution in [3.05, 3.63) is 75.3 Å². The largest absolute Gasteiger partial charge is 0.448 e. The lowest BCUT2D eigenvalue weighted by atomic mass is 10.0. The van der Waals surface area contributed by atoms with Crippen LogP contribution in [0.5, 0.6) is 0 Å². The minimum Gasteiger partial charge on any atom is -0.448 e. The van der Waals surface area contributed by atoms with Gasteiger partial charge in [-0.25, -0.2) is 4.79 Å². The molecule has 0 amide bonds. The van der Waals surface area contributed by atoms with E-state index < -0.39 is 23.6 Å². The number of aliphatic hydroxyl groups is 1. The standard InChI is InChI=1S/C18H16N2O5/c19-9-10-25-18(22)17(21)12-14-7-5-13(6-8-14)11-15-3-1-2-4-16(15)20(23)24/h1-8,17,21H,10-12H2/t17-/m0/s1. The molecule has 0 aliphatic rings. The second-order valence-electron chi connectivity index (χ2n) is 5.36. The number of nitrogens with zero attached hydrogens (tertiary/aromatic N) is 2. The Bertz CT molecular complexity index is 796. The number of nitro benzene ring substituents is 1. The number of benzene rings is 2. The first-order valence-electron chi connectivity index (χ1n) is 7.53. The highest BCUT2D eigenvalue weighted by molar-refractivity contribution is 5.74. The van der Waals surface area contributed by atoms with Gasteiger partial charge in [0.15, 0.2) is 12.7 Å². The number of nitro groups is 1. The highest BCUT2D eigenvalue weighted by Crippen LogP contribution is 2.21. The topological polar surface area (TPSA) is 113 Å². The Morgan fingerprint density at radius 1 is 1.20 bits per heavy atom. The number of nitriles is 1. The van der Waals surface area contributed by atoms with Crippen molar-refractivity contribution >= 4 is 11.7 Å². The lowest BCUT2D eigenvalue weighted by molar-refractivity contribution is -0.385. The molecule has 0 saturated heterocycles. The Morgan fingerprint density at radius 2 is 1.84 bits per heavy atom. The summed E-state index contributed by atoms with van der Waals surface area (Å²) in [5.41, 5.74) is 2.27. The van der Waals surface area contributed by atoms with Crippen LogP contribution in [0.3, 0.4) is 0 Å². The molecule has 0 bridgehead atoms. The zero-order valence-electron chi connectivity index (χ0n) is 13.3. The number of para-hydroxylation sites is 1. The molecule has 0 aromatic heterocycles. The second-order valence-corrected chi connectivity index (χ2v) is 5.36. The summed E-state index contributed by atoms with van der Waals surface area (Å²) in [5.74, 6) is -0.842.